The van der Waals surface area contributed by atoms with Gasteiger partial charge in [0.25, 0.3) is 0 Å². The maximum absolute atomic E-state index is 15.7. The van der Waals surface area contributed by atoms with Gasteiger partial charge in [-0.25, -0.2) is 13.9 Å². The highest BCUT2D eigenvalue weighted by Crippen LogP contribution is 2.48. The van der Waals surface area contributed by atoms with Gasteiger partial charge < -0.3 is 29.6 Å². The minimum Gasteiger partial charge on any atom is -0.476 e. The molecule has 1 aliphatic heterocycles. The van der Waals surface area contributed by atoms with Crippen molar-refractivity contribution in [3.63, 3.8) is 0 Å². The molecule has 1 saturated carbocycles. The van der Waals surface area contributed by atoms with Gasteiger partial charge in [0.2, 0.25) is 11.8 Å². The summed E-state index contributed by atoms with van der Waals surface area (Å²) >= 11 is 0. The fraction of sp³-hybridized carbons (Fsp3) is 0.571. The van der Waals surface area contributed by atoms with Gasteiger partial charge in [0.1, 0.15) is 29.6 Å². The first kappa shape index (κ1) is 32.0. The van der Waals surface area contributed by atoms with Crippen LogP contribution in [0.2, 0.25) is 0 Å². The van der Waals surface area contributed by atoms with Crippen molar-refractivity contribution in [2.75, 3.05) is 18.9 Å². The van der Waals surface area contributed by atoms with Crippen molar-refractivity contribution in [1.82, 2.24) is 24.6 Å². The Bertz CT molecular complexity index is 1490. The van der Waals surface area contributed by atoms with E-state index in [1.807, 2.05) is 0 Å². The van der Waals surface area contributed by atoms with E-state index >= 15 is 4.39 Å². The number of ether oxygens (including phenoxy) is 3. The number of nitrogens with one attached hydrogen (secondary N) is 1. The molecule has 2 aliphatic rings. The first-order valence-electron chi connectivity index (χ1n) is 14.6. The third kappa shape index (κ3) is 6.97. The van der Waals surface area contributed by atoms with Crippen molar-refractivity contribution in [3.05, 3.63) is 36.7 Å². The van der Waals surface area contributed by atoms with Crippen molar-refractivity contribution in [3.8, 4) is 11.6 Å². The molecule has 1 aliphatic carbocycles. The number of benzene rings is 1. The molecule has 0 spiro atoms. The second-order valence-corrected chi connectivity index (χ2v) is 12.7. The topological polar surface area (TPSA) is 182 Å². The molecule has 44 heavy (non-hydrogen) atoms. The highest BCUT2D eigenvalue weighted by molar-refractivity contribution is 7.52. The number of rotatable bonds is 12. The van der Waals surface area contributed by atoms with Crippen molar-refractivity contribution in [1.29, 1.82) is 0 Å². The standard InChI is InChI=1S/C28H38FN6O8P/c1-4-39-24-21-23(32-27(30)33-24)35(16-31-21)26-28(3,37)22(29)20(42-26)15-40-44(38,43-19-13-9-6-10-14-19)34-17(2)25(36)41-18-11-7-5-8-12-18/h6,9-10,13-14,16-18,20,22,26,37H,4-5,7-8,11-12,15H2,1-3H3,(H,34,38)(H2,30,32,33)/t17-,20+,22+,26+,28+,44?/m0/s1. The van der Waals surface area contributed by atoms with E-state index in [0.717, 1.165) is 32.1 Å². The molecule has 1 aromatic carbocycles. The number of carbonyl (C=O) groups excluding carboxylic acids is 1. The SMILES string of the molecule is CCOc1nc(N)nc2c1ncn2[C@@H]1O[C@H](COP(=O)(N[C@@H](C)C(=O)OC2CCCCC2)Oc2ccccc2)[C@@H](F)[C@@]1(C)O. The lowest BCUT2D eigenvalue weighted by Crippen LogP contribution is -2.42. The first-order valence-corrected chi connectivity index (χ1v) is 16.2. The minimum absolute atomic E-state index is 0.113. The molecule has 3 heterocycles. The van der Waals surface area contributed by atoms with Crippen molar-refractivity contribution in [2.45, 2.75) is 89.1 Å². The third-order valence-corrected chi connectivity index (χ3v) is 9.19. The molecular formula is C28H38FN6O8P. The van der Waals surface area contributed by atoms with Gasteiger partial charge in [0.05, 0.1) is 19.5 Å². The number of hydrogen-bond donors (Lipinski definition) is 3. The molecular weight excluding hydrogens is 598 g/mol. The molecule has 1 saturated heterocycles. The summed E-state index contributed by atoms with van der Waals surface area (Å²) in [5, 5.41) is 13.8. The second-order valence-electron chi connectivity index (χ2n) is 11.0. The van der Waals surface area contributed by atoms with Gasteiger partial charge >= 0.3 is 13.7 Å². The van der Waals surface area contributed by atoms with Crippen LogP contribution >= 0.6 is 7.75 Å². The highest BCUT2D eigenvalue weighted by Gasteiger charge is 2.55. The average Bonchev–Trinajstić information content (AvgIpc) is 3.50. The predicted molar refractivity (Wildman–Crippen MR) is 157 cm³/mol. The summed E-state index contributed by atoms with van der Waals surface area (Å²) in [6.07, 6.45) is 0.926. The number of nitrogens with two attached hydrogens (primary N) is 1. The fourth-order valence-corrected chi connectivity index (χ4v) is 6.79. The van der Waals surface area contributed by atoms with Crippen LogP contribution in [-0.2, 0) is 23.4 Å². The summed E-state index contributed by atoms with van der Waals surface area (Å²) in [6, 6.07) is 7.12. The number of fused-ring (bicyclic) bond motifs is 1. The zero-order chi connectivity index (χ0) is 31.5. The molecule has 240 valence electrons. The Morgan fingerprint density at radius 2 is 2.00 bits per heavy atom. The van der Waals surface area contributed by atoms with Crippen LogP contribution in [0.15, 0.2) is 36.7 Å². The monoisotopic (exact) mass is 636 g/mol. The number of nitrogens with zero attached hydrogens (tertiary/aromatic N) is 4. The summed E-state index contributed by atoms with van der Waals surface area (Å²) in [6.45, 7) is 4.18. The maximum Gasteiger partial charge on any atom is 0.459 e. The van der Waals surface area contributed by atoms with Gasteiger partial charge in [0.15, 0.2) is 23.6 Å². The molecule has 0 amide bonds. The average molecular weight is 637 g/mol. The summed E-state index contributed by atoms with van der Waals surface area (Å²) in [4.78, 5) is 25.3. The van der Waals surface area contributed by atoms with E-state index in [-0.39, 0.29) is 41.5 Å². The first-order chi connectivity index (χ1) is 21.0. The van der Waals surface area contributed by atoms with Crippen LogP contribution in [-0.4, -0.2) is 73.8 Å². The number of nitrogen functional groups attached to an aromatic ring is 1. The zero-order valence-electron chi connectivity index (χ0n) is 24.8. The number of para-hydroxylation sites is 1. The van der Waals surface area contributed by atoms with Crippen molar-refractivity contribution >= 4 is 30.8 Å². The number of halogens is 1. The van der Waals surface area contributed by atoms with E-state index in [0.29, 0.717) is 0 Å². The number of esters is 1. The molecule has 2 aromatic heterocycles. The number of imidazole rings is 1. The number of aliphatic hydroxyl groups is 1. The van der Waals surface area contributed by atoms with Gasteiger partial charge in [0, 0.05) is 0 Å². The predicted octanol–water partition coefficient (Wildman–Crippen LogP) is 3.85. The summed E-state index contributed by atoms with van der Waals surface area (Å²) in [5.74, 6) is -0.402. The molecule has 14 nitrogen and oxygen atoms in total. The number of aromatic nitrogens is 4. The summed E-state index contributed by atoms with van der Waals surface area (Å²) in [7, 11) is -4.32. The number of hydrogen-bond acceptors (Lipinski definition) is 12. The Morgan fingerprint density at radius 3 is 2.70 bits per heavy atom. The lowest BCUT2D eigenvalue weighted by molar-refractivity contribution is -0.152. The molecule has 5 rings (SSSR count). The van der Waals surface area contributed by atoms with E-state index < -0.39 is 50.5 Å². The van der Waals surface area contributed by atoms with Gasteiger partial charge in [-0.2, -0.15) is 15.1 Å². The Balaban J connectivity index is 1.33. The Hall–Kier alpha value is -3.36. The molecule has 0 radical (unpaired) electrons. The summed E-state index contributed by atoms with van der Waals surface area (Å²) < 4.78 is 59.4. The van der Waals surface area contributed by atoms with E-state index in [2.05, 4.69) is 20.0 Å². The second kappa shape index (κ2) is 13.3. The van der Waals surface area contributed by atoms with Gasteiger partial charge in [-0.05, 0) is 58.6 Å². The van der Waals surface area contributed by atoms with Crippen LogP contribution in [0.4, 0.5) is 10.3 Å². The Labute approximate surface area is 254 Å². The van der Waals surface area contributed by atoms with Crippen LogP contribution in [0.5, 0.6) is 11.6 Å². The van der Waals surface area contributed by atoms with Crippen LogP contribution < -0.4 is 20.1 Å². The number of anilines is 1. The lowest BCUT2D eigenvalue weighted by atomic mass is 9.98. The van der Waals surface area contributed by atoms with E-state index in [1.54, 1.807) is 37.3 Å². The van der Waals surface area contributed by atoms with Crippen molar-refractivity contribution < 1.29 is 42.1 Å². The van der Waals surface area contributed by atoms with Gasteiger partial charge in [-0.1, -0.05) is 24.6 Å². The largest absolute Gasteiger partial charge is 0.476 e. The normalized spacial score (nSPS) is 26.2. The minimum atomic E-state index is -4.32. The zero-order valence-corrected chi connectivity index (χ0v) is 25.7. The van der Waals surface area contributed by atoms with E-state index in [4.69, 9.17) is 29.0 Å². The van der Waals surface area contributed by atoms with Crippen LogP contribution in [0.25, 0.3) is 11.2 Å². The van der Waals surface area contributed by atoms with Crippen LogP contribution in [0, 0.1) is 0 Å². The third-order valence-electron chi connectivity index (χ3n) is 7.55. The smallest absolute Gasteiger partial charge is 0.459 e. The molecule has 2 fully saturated rings. The lowest BCUT2D eigenvalue weighted by Gasteiger charge is -2.27. The van der Waals surface area contributed by atoms with Gasteiger partial charge in [-0.15, -0.1) is 0 Å². The number of alkyl halides is 1. The molecule has 1 unspecified atom stereocenters. The molecule has 4 N–H and O–H groups in total. The van der Waals surface area contributed by atoms with Crippen LogP contribution in [0.3, 0.4) is 0 Å². The maximum atomic E-state index is 15.7. The van der Waals surface area contributed by atoms with Crippen molar-refractivity contribution in [2.24, 2.45) is 0 Å². The highest BCUT2D eigenvalue weighted by atomic mass is 31.2. The fourth-order valence-electron chi connectivity index (χ4n) is 5.29. The number of carbonyl (C=O) groups is 1. The molecule has 6 atom stereocenters. The van der Waals surface area contributed by atoms with E-state index in [1.165, 1.54) is 24.7 Å². The molecule has 0 bridgehead atoms. The molecule has 3 aromatic rings. The van der Waals surface area contributed by atoms with Gasteiger partial charge in [-0.3, -0.25) is 13.9 Å². The Morgan fingerprint density at radius 1 is 1.27 bits per heavy atom. The van der Waals surface area contributed by atoms with Crippen LogP contribution in [0.1, 0.15) is 59.1 Å². The molecule has 16 heteroatoms. The quantitative estimate of drug-likeness (QED) is 0.193. The van der Waals surface area contributed by atoms with E-state index in [9.17, 15) is 14.5 Å². The Kier molecular flexibility index (Phi) is 9.71. The summed E-state index contributed by atoms with van der Waals surface area (Å²) in [5.41, 5.74) is 4.16.